The maximum Gasteiger partial charge on any atom is 0.143 e. The number of hydrogen-bond donors (Lipinski definition) is 0. The van der Waals surface area contributed by atoms with Crippen molar-refractivity contribution in [2.75, 3.05) is 0 Å². The monoisotopic (exact) mass is 666 g/mol. The summed E-state index contributed by atoms with van der Waals surface area (Å²) in [5.74, 6) is 0. The van der Waals surface area contributed by atoms with Crippen molar-refractivity contribution in [3.8, 4) is 22.3 Å². The summed E-state index contributed by atoms with van der Waals surface area (Å²) in [4.78, 5) is 0. The average molecular weight is 667 g/mol. The number of fused-ring (bicyclic) bond motifs is 13. The van der Waals surface area contributed by atoms with Crippen LogP contribution in [0.2, 0.25) is 0 Å². The van der Waals surface area contributed by atoms with E-state index in [1.165, 1.54) is 64.0 Å². The molecule has 0 saturated heterocycles. The van der Waals surface area contributed by atoms with E-state index in [1.807, 2.05) is 23.5 Å². The predicted molar refractivity (Wildman–Crippen MR) is 217 cm³/mol. The molecule has 0 atom stereocenters. The van der Waals surface area contributed by atoms with Gasteiger partial charge in [0.1, 0.15) is 22.3 Å². The fourth-order valence-corrected chi connectivity index (χ4v) is 9.71. The van der Waals surface area contributed by atoms with Crippen LogP contribution in [0.15, 0.2) is 167 Å². The second kappa shape index (κ2) is 10.1. The third-order valence-corrected chi connectivity index (χ3v) is 12.0. The summed E-state index contributed by atoms with van der Waals surface area (Å²) < 4.78 is 15.6. The van der Waals surface area contributed by atoms with E-state index in [0.29, 0.717) is 0 Å². The molecule has 12 aromatic rings. The van der Waals surface area contributed by atoms with Gasteiger partial charge in [-0.15, -0.1) is 11.3 Å². The van der Waals surface area contributed by atoms with Gasteiger partial charge in [0.05, 0.1) is 0 Å². The van der Waals surface area contributed by atoms with Crippen LogP contribution in [0, 0.1) is 0 Å². The molecule has 12 rings (SSSR count). The van der Waals surface area contributed by atoms with Crippen LogP contribution in [-0.4, -0.2) is 0 Å². The van der Waals surface area contributed by atoms with Crippen LogP contribution in [0.25, 0.3) is 119 Å². The molecule has 0 aliphatic rings. The van der Waals surface area contributed by atoms with E-state index in [9.17, 15) is 0 Å². The topological polar surface area (TPSA) is 26.3 Å². The zero-order chi connectivity index (χ0) is 33.2. The van der Waals surface area contributed by atoms with Gasteiger partial charge in [0, 0.05) is 47.1 Å². The third kappa shape index (κ3) is 3.81. The Hall–Kier alpha value is -6.42. The molecule has 0 bridgehead atoms. The maximum atomic E-state index is 6.50. The zero-order valence-electron chi connectivity index (χ0n) is 27.2. The van der Waals surface area contributed by atoms with Crippen LogP contribution in [-0.2, 0) is 0 Å². The highest BCUT2D eigenvalue weighted by molar-refractivity contribution is 7.25. The smallest absolute Gasteiger partial charge is 0.143 e. The van der Waals surface area contributed by atoms with Gasteiger partial charge in [0.2, 0.25) is 0 Å². The highest BCUT2D eigenvalue weighted by Crippen LogP contribution is 2.47. The van der Waals surface area contributed by atoms with E-state index in [1.54, 1.807) is 0 Å². The van der Waals surface area contributed by atoms with Crippen LogP contribution in [0.1, 0.15) is 0 Å². The molecule has 0 N–H and O–H groups in total. The molecule has 236 valence electrons. The molecule has 0 amide bonds. The number of hydrogen-bond acceptors (Lipinski definition) is 3. The summed E-state index contributed by atoms with van der Waals surface area (Å²) in [5, 5.41) is 14.3. The van der Waals surface area contributed by atoms with Crippen molar-refractivity contribution in [1.29, 1.82) is 0 Å². The lowest BCUT2D eigenvalue weighted by Gasteiger charge is -2.18. The van der Waals surface area contributed by atoms with Crippen molar-refractivity contribution in [2.24, 2.45) is 0 Å². The Labute approximate surface area is 295 Å². The number of thiophene rings is 1. The minimum Gasteiger partial charge on any atom is -0.456 e. The van der Waals surface area contributed by atoms with Gasteiger partial charge in [0.25, 0.3) is 0 Å². The van der Waals surface area contributed by atoms with Crippen LogP contribution in [0.4, 0.5) is 0 Å². The van der Waals surface area contributed by atoms with Crippen molar-refractivity contribution in [1.82, 2.24) is 0 Å². The van der Waals surface area contributed by atoms with Crippen molar-refractivity contribution in [2.45, 2.75) is 0 Å². The van der Waals surface area contributed by atoms with Gasteiger partial charge in [-0.05, 0) is 97.7 Å². The van der Waals surface area contributed by atoms with Crippen LogP contribution in [0.3, 0.4) is 0 Å². The molecule has 3 heteroatoms. The molecule has 0 unspecified atom stereocenters. The fourth-order valence-electron chi connectivity index (χ4n) is 8.56. The van der Waals surface area contributed by atoms with Gasteiger partial charge in [-0.1, -0.05) is 109 Å². The first-order chi connectivity index (χ1) is 25.3. The first kappa shape index (κ1) is 27.4. The predicted octanol–water partition coefficient (Wildman–Crippen LogP) is 14.6. The number of rotatable bonds is 2. The Balaban J connectivity index is 1.12. The molecule has 0 spiro atoms. The van der Waals surface area contributed by atoms with Crippen molar-refractivity contribution in [3.63, 3.8) is 0 Å². The Morgan fingerprint density at radius 3 is 1.65 bits per heavy atom. The van der Waals surface area contributed by atoms with E-state index in [0.717, 1.165) is 54.6 Å². The summed E-state index contributed by atoms with van der Waals surface area (Å²) in [7, 11) is 0. The molecule has 9 aromatic carbocycles. The molecule has 0 radical (unpaired) electrons. The van der Waals surface area contributed by atoms with Gasteiger partial charge in [-0.3, -0.25) is 0 Å². The lowest BCUT2D eigenvalue weighted by Crippen LogP contribution is -1.90. The van der Waals surface area contributed by atoms with Crippen molar-refractivity contribution in [3.05, 3.63) is 158 Å². The highest BCUT2D eigenvalue weighted by atomic mass is 32.1. The minimum absolute atomic E-state index is 0.881. The summed E-state index contributed by atoms with van der Waals surface area (Å²) in [5.41, 5.74) is 8.52. The highest BCUT2D eigenvalue weighted by Gasteiger charge is 2.19. The summed E-state index contributed by atoms with van der Waals surface area (Å²) in [6, 6.07) is 57.2. The molecule has 0 aliphatic heterocycles. The first-order valence-corrected chi connectivity index (χ1v) is 18.1. The van der Waals surface area contributed by atoms with Gasteiger partial charge < -0.3 is 8.83 Å². The molecular formula is C48H26O2S. The van der Waals surface area contributed by atoms with Crippen LogP contribution >= 0.6 is 11.3 Å². The lowest BCUT2D eigenvalue weighted by atomic mass is 9.85. The molecule has 3 heterocycles. The molecule has 0 fully saturated rings. The fraction of sp³-hybridized carbons (Fsp3) is 0. The van der Waals surface area contributed by atoms with Crippen LogP contribution in [0.5, 0.6) is 0 Å². The summed E-state index contributed by atoms with van der Waals surface area (Å²) in [6.07, 6.45) is 0. The van der Waals surface area contributed by atoms with Crippen LogP contribution < -0.4 is 0 Å². The van der Waals surface area contributed by atoms with Crippen molar-refractivity contribution < 1.29 is 8.83 Å². The second-order valence-corrected chi connectivity index (χ2v) is 14.7. The number of para-hydroxylation sites is 1. The molecule has 0 aliphatic carbocycles. The summed E-state index contributed by atoms with van der Waals surface area (Å²) >= 11 is 1.87. The molecule has 51 heavy (non-hydrogen) atoms. The third-order valence-electron chi connectivity index (χ3n) is 10.8. The van der Waals surface area contributed by atoms with Gasteiger partial charge in [0.15, 0.2) is 0 Å². The van der Waals surface area contributed by atoms with Gasteiger partial charge >= 0.3 is 0 Å². The van der Waals surface area contributed by atoms with E-state index < -0.39 is 0 Å². The Morgan fingerprint density at radius 2 is 0.882 bits per heavy atom. The maximum absolute atomic E-state index is 6.50. The quantitative estimate of drug-likeness (QED) is 0.172. The van der Waals surface area contributed by atoms with E-state index in [2.05, 4.69) is 146 Å². The van der Waals surface area contributed by atoms with Crippen molar-refractivity contribution >= 4 is 108 Å². The van der Waals surface area contributed by atoms with Gasteiger partial charge in [-0.2, -0.15) is 0 Å². The summed E-state index contributed by atoms with van der Waals surface area (Å²) in [6.45, 7) is 0. The zero-order valence-corrected chi connectivity index (χ0v) is 28.1. The largest absolute Gasteiger partial charge is 0.456 e. The number of benzene rings is 9. The van der Waals surface area contributed by atoms with E-state index in [-0.39, 0.29) is 0 Å². The SMILES string of the molecule is c1ccc2c(c1)oc1c3cc4c(cc3ccc21)oc1ccc(-c2c3ccccc3c(-c3ccc5c(c3)sc3ccccc35)c3ccccc23)cc14. The van der Waals surface area contributed by atoms with Gasteiger partial charge in [-0.25, -0.2) is 0 Å². The molecular weight excluding hydrogens is 641 g/mol. The average Bonchev–Trinajstić information content (AvgIpc) is 3.86. The minimum atomic E-state index is 0.881. The molecule has 0 saturated carbocycles. The standard InChI is InChI=1S/C48H26O2S/c1-3-13-35-33(11-1)46(34-12-2-4-14-36(34)47(35)29-18-20-32-31-10-6-8-16-44(31)51-45(32)25-29)28-19-22-42-39(23-28)40-26-38-27(24-43(40)49-42)17-21-37-30-9-5-7-15-41(30)50-48(37)38/h1-26H. The van der Waals surface area contributed by atoms with E-state index in [4.69, 9.17) is 8.83 Å². The molecule has 3 aromatic heterocycles. The Morgan fingerprint density at radius 1 is 0.314 bits per heavy atom. The number of furan rings is 2. The second-order valence-electron chi connectivity index (χ2n) is 13.6. The van der Waals surface area contributed by atoms with E-state index >= 15 is 0 Å². The Kier molecular flexibility index (Phi) is 5.41. The lowest BCUT2D eigenvalue weighted by molar-refractivity contribution is 0.669. The first-order valence-electron chi connectivity index (χ1n) is 17.3. The Bertz CT molecular complexity index is 3370. The normalized spacial score (nSPS) is 12.3. The molecule has 2 nitrogen and oxygen atoms in total.